The van der Waals surface area contributed by atoms with Crippen molar-refractivity contribution < 1.29 is 0 Å². The zero-order valence-electron chi connectivity index (χ0n) is 10.7. The summed E-state index contributed by atoms with van der Waals surface area (Å²) in [6.45, 7) is 13.3. The number of hydrogen-bond donors (Lipinski definition) is 0. The van der Waals surface area contributed by atoms with Crippen molar-refractivity contribution in [1.29, 1.82) is 0 Å². The molecule has 1 aromatic heterocycles. The first kappa shape index (κ1) is 14.6. The molecule has 0 aliphatic heterocycles. The summed E-state index contributed by atoms with van der Waals surface area (Å²) < 4.78 is 6.13. The molecule has 94 valence electrons. The van der Waals surface area contributed by atoms with E-state index in [2.05, 4.69) is 80.3 Å². The monoisotopic (exact) mass is 370 g/mol. The molecule has 2 nitrogen and oxygen atoms in total. The summed E-state index contributed by atoms with van der Waals surface area (Å²) in [5.74, 6) is 0. The molecule has 0 saturated carbocycles. The lowest BCUT2D eigenvalue weighted by atomic mass is 10.3. The van der Waals surface area contributed by atoms with E-state index in [-0.39, 0.29) is 7.35 Å². The third kappa shape index (κ3) is 2.51. The van der Waals surface area contributed by atoms with Crippen LogP contribution in [0.3, 0.4) is 0 Å². The van der Waals surface area contributed by atoms with Crippen LogP contribution in [0.5, 0.6) is 0 Å². The van der Waals surface area contributed by atoms with Gasteiger partial charge in [0.1, 0.15) is 0 Å². The van der Waals surface area contributed by atoms with Crippen molar-refractivity contribution in [3.05, 3.63) is 16.2 Å². The summed E-state index contributed by atoms with van der Waals surface area (Å²) in [6.07, 6.45) is 0. The van der Waals surface area contributed by atoms with Crippen LogP contribution in [0.15, 0.2) is 0 Å². The van der Waals surface area contributed by atoms with Gasteiger partial charge in [0.25, 0.3) is 0 Å². The lowest BCUT2D eigenvalue weighted by molar-refractivity contribution is 0.532. The Bertz CT molecular complexity index is 417. The second-order valence-electron chi connectivity index (χ2n) is 4.59. The second-order valence-corrected chi connectivity index (χ2v) is 11.9. The van der Waals surface area contributed by atoms with Crippen molar-refractivity contribution in [1.82, 2.24) is 9.13 Å². The molecule has 0 N–H and O–H groups in total. The van der Waals surface area contributed by atoms with Gasteiger partial charge in [-0.25, -0.2) is 0 Å². The van der Waals surface area contributed by atoms with Crippen LogP contribution in [0.25, 0.3) is 0 Å². The number of hydrogen-bond acceptors (Lipinski definition) is 0. The Morgan fingerprint density at radius 1 is 0.875 bits per heavy atom. The highest BCUT2D eigenvalue weighted by molar-refractivity contribution is 9.85. The largest absolute Gasteiger partial charge is 0.321 e. The second kappa shape index (κ2) is 5.44. The molecule has 1 aromatic rings. The van der Waals surface area contributed by atoms with E-state index < -0.39 is 0 Å². The van der Waals surface area contributed by atoms with Crippen LogP contribution in [-0.4, -0.2) is 9.13 Å². The summed E-state index contributed by atoms with van der Waals surface area (Å²) in [5, 5.41) is 0. The Morgan fingerprint density at radius 3 is 1.38 bits per heavy atom. The van der Waals surface area contributed by atoms with Gasteiger partial charge in [0.15, 0.2) is 4.77 Å². The topological polar surface area (TPSA) is 9.86 Å². The third-order valence-corrected chi connectivity index (χ3v) is 5.24. The highest BCUT2D eigenvalue weighted by Gasteiger charge is 2.16. The van der Waals surface area contributed by atoms with Crippen molar-refractivity contribution in [3.63, 3.8) is 0 Å². The van der Waals surface area contributed by atoms with Crippen molar-refractivity contribution in [2.45, 2.75) is 53.6 Å². The van der Waals surface area contributed by atoms with E-state index in [4.69, 9.17) is 0 Å². The molecule has 0 saturated heterocycles. The standard InChI is InChI=1S/C11H20Br2N2S/c1-7(2)14-9(5)10(6)15(8(3)4)11(14)16(12)13/h7-8H,1-6H3. The number of rotatable bonds is 2. The number of aromatic nitrogens is 2. The molecule has 0 amide bonds. The van der Waals surface area contributed by atoms with Gasteiger partial charge in [-0.1, -0.05) is 0 Å². The molecule has 0 aromatic carbocycles. The molecule has 0 spiro atoms. The highest BCUT2D eigenvalue weighted by atomic mass is 79.9. The maximum absolute atomic E-state index is 3.67. The lowest BCUT2D eigenvalue weighted by Crippen LogP contribution is -2.07. The van der Waals surface area contributed by atoms with Gasteiger partial charge < -0.3 is 9.13 Å². The van der Waals surface area contributed by atoms with Crippen LogP contribution >= 0.6 is 37.0 Å². The van der Waals surface area contributed by atoms with Gasteiger partial charge in [0.2, 0.25) is 0 Å². The van der Waals surface area contributed by atoms with E-state index in [1.807, 2.05) is 0 Å². The zero-order chi connectivity index (χ0) is 12.6. The van der Waals surface area contributed by atoms with Crippen molar-refractivity contribution in [3.8, 4) is 0 Å². The van der Waals surface area contributed by atoms with E-state index in [0.717, 1.165) is 0 Å². The summed E-state index contributed by atoms with van der Waals surface area (Å²) in [7, 11) is -0.0817. The first-order chi connectivity index (χ1) is 7.29. The molecule has 5 heteroatoms. The van der Waals surface area contributed by atoms with Crippen molar-refractivity contribution in [2.24, 2.45) is 0 Å². The fraction of sp³-hybridized carbons (Fsp3) is 0.727. The average molecular weight is 372 g/mol. The van der Waals surface area contributed by atoms with Crippen molar-refractivity contribution in [2.75, 3.05) is 0 Å². The van der Waals surface area contributed by atoms with Gasteiger partial charge in [-0.15, -0.1) is 0 Å². The maximum atomic E-state index is 3.67. The number of nitrogens with zero attached hydrogens (tertiary/aromatic N) is 2. The fourth-order valence-corrected chi connectivity index (χ4v) is 4.98. The Balaban J connectivity index is 3.79. The van der Waals surface area contributed by atoms with Gasteiger partial charge in [0.05, 0.1) is 0 Å². The summed E-state index contributed by atoms with van der Waals surface area (Å²) >= 11 is 7.34. The highest BCUT2D eigenvalue weighted by Crippen LogP contribution is 2.38. The molecule has 0 atom stereocenters. The first-order valence-corrected chi connectivity index (χ1v) is 10.4. The summed E-state index contributed by atoms with van der Waals surface area (Å²) in [6, 6.07) is 0.970. The van der Waals surface area contributed by atoms with Crippen LogP contribution in [0.1, 0.15) is 51.2 Å². The normalized spacial score (nSPS) is 12.2. The average Bonchev–Trinajstić information content (AvgIpc) is 2.39. The molecule has 1 heterocycles. The zero-order valence-corrected chi connectivity index (χ0v) is 14.7. The van der Waals surface area contributed by atoms with E-state index in [1.165, 1.54) is 16.2 Å². The Labute approximate surface area is 115 Å². The minimum Gasteiger partial charge on any atom is -0.321 e. The van der Waals surface area contributed by atoms with Crippen LogP contribution < -0.4 is 0 Å². The quantitative estimate of drug-likeness (QED) is 0.608. The molecule has 0 unspecified atom stereocenters. The van der Waals surface area contributed by atoms with E-state index in [1.54, 1.807) is 0 Å². The number of imidazole rings is 1. The van der Waals surface area contributed by atoms with Crippen LogP contribution in [0.2, 0.25) is 0 Å². The van der Waals surface area contributed by atoms with E-state index in [0.29, 0.717) is 12.1 Å². The van der Waals surface area contributed by atoms with Gasteiger partial charge in [-0.3, -0.25) is 0 Å². The molecule has 0 radical (unpaired) electrons. The molecule has 0 bridgehead atoms. The Hall–Kier alpha value is 0.520. The predicted octanol–water partition coefficient (Wildman–Crippen LogP) is 5.49. The predicted molar refractivity (Wildman–Crippen MR) is 81.4 cm³/mol. The first-order valence-electron chi connectivity index (χ1n) is 5.48. The third-order valence-electron chi connectivity index (χ3n) is 2.83. The van der Waals surface area contributed by atoms with Gasteiger partial charge >= 0.3 is 0 Å². The molecular formula is C11H20Br2N2S. The van der Waals surface area contributed by atoms with Crippen LogP contribution in [-0.2, 0) is 0 Å². The van der Waals surface area contributed by atoms with Gasteiger partial charge in [0, 0.05) is 23.5 Å². The lowest BCUT2D eigenvalue weighted by Gasteiger charge is -2.13. The molecule has 0 aliphatic carbocycles. The van der Waals surface area contributed by atoms with E-state index in [9.17, 15) is 0 Å². The Morgan fingerprint density at radius 2 is 1.19 bits per heavy atom. The maximum Gasteiger partial charge on any atom is 0.160 e. The summed E-state index contributed by atoms with van der Waals surface area (Å²) in [5.41, 5.74) is 2.71. The smallest absolute Gasteiger partial charge is 0.160 e. The van der Waals surface area contributed by atoms with Crippen molar-refractivity contribution >= 4 is 37.0 Å². The molecular weight excluding hydrogens is 352 g/mol. The van der Waals surface area contributed by atoms with Gasteiger partial charge in [-0.05, 0) is 78.5 Å². The van der Waals surface area contributed by atoms with Crippen LogP contribution in [0, 0.1) is 18.6 Å². The minimum absolute atomic E-state index is 0.0817. The SMILES string of the molecule is Cc1c(C)n(C(C)C)c(=S(Br)Br)n1C(C)C. The minimum atomic E-state index is -0.0817. The molecule has 1 rings (SSSR count). The summed E-state index contributed by atoms with van der Waals surface area (Å²) in [4.78, 5) is 0. The number of halogens is 2. The van der Waals surface area contributed by atoms with Gasteiger partial charge in [-0.2, -0.15) is 0 Å². The van der Waals surface area contributed by atoms with E-state index >= 15 is 0 Å². The Kier molecular flexibility index (Phi) is 4.96. The fourth-order valence-electron chi connectivity index (χ4n) is 2.12. The molecule has 0 fully saturated rings. The molecule has 0 aliphatic rings. The van der Waals surface area contributed by atoms with Crippen LogP contribution in [0.4, 0.5) is 0 Å². The molecule has 16 heavy (non-hydrogen) atoms.